The maximum atomic E-state index is 9.63. The molecule has 0 aromatic rings. The van der Waals surface area contributed by atoms with Crippen LogP contribution in [0.5, 0.6) is 0 Å². The lowest BCUT2D eigenvalue weighted by Crippen LogP contribution is -1.75. The third-order valence-electron chi connectivity index (χ3n) is 0.212. The fourth-order valence-corrected chi connectivity index (χ4v) is 0.291. The Morgan fingerprint density at radius 3 is 1.80 bits per heavy atom. The lowest BCUT2D eigenvalue weighted by Gasteiger charge is -1.96. The molecule has 0 radical (unpaired) electrons. The minimum absolute atomic E-state index is 0.695. The number of phosphoric acid groups is 1. The first-order valence-corrected chi connectivity index (χ1v) is 3.76. The second-order valence-electron chi connectivity index (χ2n) is 1.17. The Bertz CT molecular complexity index is 117. The molecular formula is C4H11O5P. The molecule has 0 amide bonds. The number of phosphoric ester groups is 1. The summed E-state index contributed by atoms with van der Waals surface area (Å²) in [5.74, 6) is 0. The van der Waals surface area contributed by atoms with Gasteiger partial charge in [0.1, 0.15) is 0 Å². The molecular weight excluding hydrogens is 159 g/mol. The van der Waals surface area contributed by atoms with Gasteiger partial charge in [-0.3, -0.25) is 9.79 Å². The van der Waals surface area contributed by atoms with Crippen LogP contribution in [-0.4, -0.2) is 24.0 Å². The Kier molecular flexibility index (Phi) is 8.35. The van der Waals surface area contributed by atoms with Crippen LogP contribution in [0.3, 0.4) is 0 Å². The van der Waals surface area contributed by atoms with Crippen molar-refractivity contribution >= 4 is 7.82 Å². The summed E-state index contributed by atoms with van der Waals surface area (Å²) in [6.07, 6.45) is 0.695. The fraction of sp³-hybridized carbons (Fsp3) is 0.500. The zero-order chi connectivity index (χ0) is 8.62. The summed E-state index contributed by atoms with van der Waals surface area (Å²) in [5, 5.41) is 0. The van der Waals surface area contributed by atoms with E-state index in [0.29, 0.717) is 6.26 Å². The van der Waals surface area contributed by atoms with E-state index in [1.807, 2.05) is 0 Å². The number of hydrogen-bond donors (Lipinski definition) is 2. The maximum absolute atomic E-state index is 9.63. The average Bonchev–Trinajstić information content (AvgIpc) is 1.63. The van der Waals surface area contributed by atoms with Crippen molar-refractivity contribution in [2.45, 2.75) is 0 Å². The molecule has 6 heteroatoms. The van der Waals surface area contributed by atoms with Crippen LogP contribution in [0, 0.1) is 0 Å². The zero-order valence-corrected chi connectivity index (χ0v) is 6.75. The quantitative estimate of drug-likeness (QED) is 0.466. The third-order valence-corrected chi connectivity index (χ3v) is 0.636. The van der Waals surface area contributed by atoms with Crippen molar-refractivity contribution in [2.24, 2.45) is 0 Å². The molecule has 10 heavy (non-hydrogen) atoms. The summed E-state index contributed by atoms with van der Waals surface area (Å²) in [4.78, 5) is 15.7. The van der Waals surface area contributed by atoms with Crippen molar-refractivity contribution in [1.82, 2.24) is 0 Å². The molecule has 0 aromatic carbocycles. The fourth-order valence-electron chi connectivity index (χ4n) is 0.0971. The Balaban J connectivity index is 0. The first-order chi connectivity index (χ1) is 4.47. The van der Waals surface area contributed by atoms with Gasteiger partial charge in [0.05, 0.1) is 6.26 Å². The second kappa shape index (κ2) is 6.77. The largest absolute Gasteiger partial charge is 0.524 e. The molecule has 2 N–H and O–H groups in total. The van der Waals surface area contributed by atoms with Gasteiger partial charge in [0, 0.05) is 14.2 Å². The monoisotopic (exact) mass is 170 g/mol. The number of ether oxygens (including phenoxy) is 1. The summed E-state index contributed by atoms with van der Waals surface area (Å²) in [5.41, 5.74) is 0. The summed E-state index contributed by atoms with van der Waals surface area (Å²) in [7, 11) is -1.03. The van der Waals surface area contributed by atoms with E-state index < -0.39 is 7.82 Å². The van der Waals surface area contributed by atoms with Crippen molar-refractivity contribution < 1.29 is 23.6 Å². The van der Waals surface area contributed by atoms with E-state index in [9.17, 15) is 4.57 Å². The lowest BCUT2D eigenvalue weighted by molar-refractivity contribution is 0.259. The highest BCUT2D eigenvalue weighted by molar-refractivity contribution is 7.46. The number of rotatable bonds is 2. The molecule has 0 fully saturated rings. The summed E-state index contributed by atoms with van der Waals surface area (Å²) < 4.78 is 17.5. The van der Waals surface area contributed by atoms with Crippen LogP contribution in [0.1, 0.15) is 0 Å². The number of methoxy groups -OCH3 is 1. The Hall–Kier alpha value is -0.350. The van der Waals surface area contributed by atoms with Gasteiger partial charge in [-0.2, -0.15) is 0 Å². The molecule has 0 aliphatic heterocycles. The van der Waals surface area contributed by atoms with Crippen molar-refractivity contribution in [1.29, 1.82) is 0 Å². The molecule has 0 saturated carbocycles. The average molecular weight is 170 g/mol. The van der Waals surface area contributed by atoms with Gasteiger partial charge in [0.15, 0.2) is 0 Å². The molecule has 0 unspecified atom stereocenters. The predicted octanol–water partition coefficient (Wildman–Crippen LogP) is 0.502. The molecule has 0 heterocycles. The lowest BCUT2D eigenvalue weighted by atomic mass is 11.2. The van der Waals surface area contributed by atoms with E-state index in [2.05, 4.69) is 15.8 Å². The Morgan fingerprint density at radius 2 is 1.80 bits per heavy atom. The van der Waals surface area contributed by atoms with Crippen LogP contribution in [-0.2, 0) is 13.8 Å². The topological polar surface area (TPSA) is 76.0 Å². The van der Waals surface area contributed by atoms with Gasteiger partial charge in [0.2, 0.25) is 0 Å². The summed E-state index contributed by atoms with van der Waals surface area (Å²) >= 11 is 0. The highest BCUT2D eigenvalue weighted by Crippen LogP contribution is 2.35. The van der Waals surface area contributed by atoms with Gasteiger partial charge < -0.3 is 9.26 Å². The maximum Gasteiger partial charge on any atom is 0.524 e. The first kappa shape index (κ1) is 12.3. The van der Waals surface area contributed by atoms with Gasteiger partial charge in [-0.05, 0) is 0 Å². The molecule has 0 aliphatic rings. The molecule has 0 saturated heterocycles. The van der Waals surface area contributed by atoms with E-state index in [-0.39, 0.29) is 0 Å². The van der Waals surface area contributed by atoms with E-state index in [4.69, 9.17) is 9.79 Å². The Labute approximate surface area is 59.5 Å². The van der Waals surface area contributed by atoms with Crippen LogP contribution < -0.4 is 0 Å². The normalized spacial score (nSPS) is 9.20. The van der Waals surface area contributed by atoms with E-state index in [1.165, 1.54) is 0 Å². The van der Waals surface area contributed by atoms with Crippen molar-refractivity contribution in [3.8, 4) is 0 Å². The summed E-state index contributed by atoms with van der Waals surface area (Å²) in [6, 6.07) is 0. The van der Waals surface area contributed by atoms with Gasteiger partial charge in [-0.15, -0.1) is 0 Å². The van der Waals surface area contributed by atoms with Gasteiger partial charge >= 0.3 is 7.82 Å². The zero-order valence-electron chi connectivity index (χ0n) is 5.85. The molecule has 0 aliphatic carbocycles. The van der Waals surface area contributed by atoms with Gasteiger partial charge in [-0.1, -0.05) is 6.58 Å². The minimum atomic E-state index is -4.28. The van der Waals surface area contributed by atoms with Crippen LogP contribution in [0.2, 0.25) is 0 Å². The minimum Gasteiger partial charge on any atom is -0.413 e. The third kappa shape index (κ3) is 25.4. The van der Waals surface area contributed by atoms with Crippen molar-refractivity contribution in [2.75, 3.05) is 14.2 Å². The van der Waals surface area contributed by atoms with Crippen LogP contribution >= 0.6 is 7.82 Å². The second-order valence-corrected chi connectivity index (χ2v) is 2.36. The van der Waals surface area contributed by atoms with Crippen LogP contribution in [0.25, 0.3) is 0 Å². The van der Waals surface area contributed by atoms with E-state index >= 15 is 0 Å². The van der Waals surface area contributed by atoms with Crippen molar-refractivity contribution in [3.63, 3.8) is 0 Å². The van der Waals surface area contributed by atoms with E-state index in [0.717, 1.165) is 0 Å². The molecule has 0 aromatic heterocycles. The molecule has 0 atom stereocenters. The molecule has 5 nitrogen and oxygen atoms in total. The smallest absolute Gasteiger partial charge is 0.413 e. The van der Waals surface area contributed by atoms with Crippen LogP contribution in [0.4, 0.5) is 0 Å². The van der Waals surface area contributed by atoms with E-state index in [1.54, 1.807) is 14.2 Å². The SMILES string of the molecule is C=COP(=O)(O)O.COC. The highest BCUT2D eigenvalue weighted by Gasteiger charge is 2.10. The summed E-state index contributed by atoms with van der Waals surface area (Å²) in [6.45, 7) is 2.93. The van der Waals surface area contributed by atoms with Crippen molar-refractivity contribution in [3.05, 3.63) is 12.8 Å². The Morgan fingerprint density at radius 1 is 1.50 bits per heavy atom. The molecule has 62 valence electrons. The number of hydrogen-bond acceptors (Lipinski definition) is 3. The molecule has 0 rings (SSSR count). The molecule has 0 bridgehead atoms. The van der Waals surface area contributed by atoms with Gasteiger partial charge in [-0.25, -0.2) is 4.57 Å². The standard InChI is InChI=1S/C2H5O4P.C2H6O/c1-2-6-7(3,4)5;1-3-2/h2H,1H2,(H2,3,4,5);1-2H3. The van der Waals surface area contributed by atoms with Crippen LogP contribution in [0.15, 0.2) is 12.8 Å². The highest BCUT2D eigenvalue weighted by atomic mass is 31.2. The predicted molar refractivity (Wildman–Crippen MR) is 36.3 cm³/mol. The molecule has 0 spiro atoms. The first-order valence-electron chi connectivity index (χ1n) is 2.23. The van der Waals surface area contributed by atoms with Gasteiger partial charge in [0.25, 0.3) is 0 Å².